The summed E-state index contributed by atoms with van der Waals surface area (Å²) in [6, 6.07) is 7.70. The van der Waals surface area contributed by atoms with Crippen LogP contribution < -0.4 is 10.1 Å². The molecule has 1 aliphatic carbocycles. The Labute approximate surface area is 132 Å². The highest BCUT2D eigenvalue weighted by Gasteiger charge is 2.15. The van der Waals surface area contributed by atoms with Crippen molar-refractivity contribution in [1.82, 2.24) is 10.2 Å². The maximum atomic E-state index is 11.8. The Kier molecular flexibility index (Phi) is 6.52. The van der Waals surface area contributed by atoms with E-state index in [1.165, 1.54) is 24.2 Å². The van der Waals surface area contributed by atoms with Gasteiger partial charge in [-0.2, -0.15) is 0 Å². The molecule has 1 saturated carbocycles. The van der Waals surface area contributed by atoms with Crippen molar-refractivity contribution < 1.29 is 14.6 Å². The first-order chi connectivity index (χ1) is 10.7. The molecule has 0 saturated heterocycles. The highest BCUT2D eigenvalue weighted by Crippen LogP contribution is 2.23. The molecule has 1 fully saturated rings. The SMILES string of the molecule is CN(CCO)C(=O)NCc1cccc(OC2CCCCC2)c1. The lowest BCUT2D eigenvalue weighted by atomic mass is 9.98. The van der Waals surface area contributed by atoms with E-state index in [9.17, 15) is 4.79 Å². The second-order valence-electron chi connectivity index (χ2n) is 5.83. The number of urea groups is 1. The van der Waals surface area contributed by atoms with Crippen LogP contribution in [0.2, 0.25) is 0 Å². The van der Waals surface area contributed by atoms with Crippen molar-refractivity contribution in [2.75, 3.05) is 20.2 Å². The number of amides is 2. The van der Waals surface area contributed by atoms with E-state index >= 15 is 0 Å². The Morgan fingerprint density at radius 2 is 2.14 bits per heavy atom. The summed E-state index contributed by atoms with van der Waals surface area (Å²) < 4.78 is 6.03. The molecular weight excluding hydrogens is 280 g/mol. The third-order valence-corrected chi connectivity index (χ3v) is 3.98. The molecule has 1 aromatic rings. The van der Waals surface area contributed by atoms with Gasteiger partial charge in [-0.3, -0.25) is 0 Å². The molecule has 0 radical (unpaired) electrons. The second kappa shape index (κ2) is 8.63. The van der Waals surface area contributed by atoms with Crippen LogP contribution in [-0.2, 0) is 6.54 Å². The van der Waals surface area contributed by atoms with Gasteiger partial charge < -0.3 is 20.1 Å². The molecule has 5 nitrogen and oxygen atoms in total. The van der Waals surface area contributed by atoms with Gasteiger partial charge in [-0.1, -0.05) is 18.6 Å². The fourth-order valence-electron chi connectivity index (χ4n) is 2.67. The predicted octanol–water partition coefficient (Wildman–Crippen LogP) is 2.53. The fourth-order valence-corrected chi connectivity index (χ4v) is 2.67. The van der Waals surface area contributed by atoms with E-state index in [0.29, 0.717) is 19.2 Å². The van der Waals surface area contributed by atoms with Crippen LogP contribution in [0.1, 0.15) is 37.7 Å². The number of hydrogen-bond donors (Lipinski definition) is 2. The zero-order valence-electron chi connectivity index (χ0n) is 13.3. The summed E-state index contributed by atoms with van der Waals surface area (Å²) in [6.45, 7) is 0.752. The van der Waals surface area contributed by atoms with Crippen molar-refractivity contribution in [2.24, 2.45) is 0 Å². The summed E-state index contributed by atoms with van der Waals surface area (Å²) in [5, 5.41) is 11.7. The van der Waals surface area contributed by atoms with E-state index in [4.69, 9.17) is 9.84 Å². The van der Waals surface area contributed by atoms with Crippen molar-refractivity contribution in [3.05, 3.63) is 29.8 Å². The third-order valence-electron chi connectivity index (χ3n) is 3.98. The summed E-state index contributed by atoms with van der Waals surface area (Å²) in [4.78, 5) is 13.2. The summed E-state index contributed by atoms with van der Waals surface area (Å²) in [7, 11) is 1.66. The van der Waals surface area contributed by atoms with Crippen molar-refractivity contribution in [3.63, 3.8) is 0 Å². The zero-order valence-corrected chi connectivity index (χ0v) is 13.3. The van der Waals surface area contributed by atoms with Crippen LogP contribution >= 0.6 is 0 Å². The summed E-state index contributed by atoms with van der Waals surface area (Å²) in [6.07, 6.45) is 6.40. The molecule has 0 spiro atoms. The van der Waals surface area contributed by atoms with Crippen molar-refractivity contribution in [1.29, 1.82) is 0 Å². The quantitative estimate of drug-likeness (QED) is 0.849. The average molecular weight is 306 g/mol. The molecule has 2 amide bonds. The molecule has 0 heterocycles. The van der Waals surface area contributed by atoms with Crippen LogP contribution in [-0.4, -0.2) is 42.3 Å². The number of carbonyl (C=O) groups excluding carboxylic acids is 1. The number of likely N-dealkylation sites (N-methyl/N-ethyl adjacent to an activating group) is 1. The first-order valence-corrected chi connectivity index (χ1v) is 8.04. The van der Waals surface area contributed by atoms with Crippen LogP contribution in [0.4, 0.5) is 4.79 Å². The lowest BCUT2D eigenvalue weighted by Gasteiger charge is -2.23. The van der Waals surface area contributed by atoms with Crippen molar-refractivity contribution in [2.45, 2.75) is 44.8 Å². The number of nitrogens with one attached hydrogen (secondary N) is 1. The lowest BCUT2D eigenvalue weighted by Crippen LogP contribution is -2.38. The standard InChI is InChI=1S/C17H26N2O3/c1-19(10-11-20)17(21)18-13-14-6-5-9-16(12-14)22-15-7-3-2-4-8-15/h5-6,9,12,15,20H,2-4,7-8,10-11,13H2,1H3,(H,18,21). The monoisotopic (exact) mass is 306 g/mol. The summed E-state index contributed by atoms with van der Waals surface area (Å²) in [5.41, 5.74) is 1.01. The lowest BCUT2D eigenvalue weighted by molar-refractivity contribution is 0.155. The number of nitrogens with zero attached hydrogens (tertiary/aromatic N) is 1. The van der Waals surface area contributed by atoms with Gasteiger partial charge in [0.1, 0.15) is 5.75 Å². The van der Waals surface area contributed by atoms with E-state index in [1.807, 2.05) is 24.3 Å². The van der Waals surface area contributed by atoms with E-state index in [1.54, 1.807) is 7.05 Å². The summed E-state index contributed by atoms with van der Waals surface area (Å²) >= 11 is 0. The van der Waals surface area contributed by atoms with Crippen molar-refractivity contribution >= 4 is 6.03 Å². The Bertz CT molecular complexity index is 473. The van der Waals surface area contributed by atoms with E-state index in [2.05, 4.69) is 5.32 Å². The topological polar surface area (TPSA) is 61.8 Å². The van der Waals surface area contributed by atoms with E-state index in [0.717, 1.165) is 24.2 Å². The molecule has 122 valence electrons. The molecule has 2 N–H and O–H groups in total. The second-order valence-corrected chi connectivity index (χ2v) is 5.83. The molecule has 0 bridgehead atoms. The maximum absolute atomic E-state index is 11.8. The molecule has 0 aromatic heterocycles. The number of benzene rings is 1. The maximum Gasteiger partial charge on any atom is 0.317 e. The Hall–Kier alpha value is -1.75. The van der Waals surface area contributed by atoms with Gasteiger partial charge in [-0.25, -0.2) is 4.79 Å². The molecular formula is C17H26N2O3. The normalized spacial score (nSPS) is 15.4. The minimum atomic E-state index is -0.187. The Morgan fingerprint density at radius 3 is 2.86 bits per heavy atom. The minimum Gasteiger partial charge on any atom is -0.490 e. The fraction of sp³-hybridized carbons (Fsp3) is 0.588. The first kappa shape index (κ1) is 16.6. The number of hydrogen-bond acceptors (Lipinski definition) is 3. The smallest absolute Gasteiger partial charge is 0.317 e. The zero-order chi connectivity index (χ0) is 15.8. The number of ether oxygens (including phenoxy) is 1. The number of carbonyl (C=O) groups is 1. The van der Waals surface area contributed by atoms with Crippen molar-refractivity contribution in [3.8, 4) is 5.75 Å². The summed E-state index contributed by atoms with van der Waals surface area (Å²) in [5.74, 6) is 0.877. The molecule has 0 atom stereocenters. The molecule has 1 aromatic carbocycles. The average Bonchev–Trinajstić information content (AvgIpc) is 2.54. The molecule has 2 rings (SSSR count). The molecule has 5 heteroatoms. The third kappa shape index (κ3) is 5.22. The van der Waals surface area contributed by atoms with Crippen LogP contribution in [0, 0.1) is 0 Å². The van der Waals surface area contributed by atoms with Gasteiger partial charge in [0, 0.05) is 20.1 Å². The van der Waals surface area contributed by atoms with E-state index < -0.39 is 0 Å². The van der Waals surface area contributed by atoms with Gasteiger partial charge in [-0.05, 0) is 43.4 Å². The Balaban J connectivity index is 1.84. The van der Waals surface area contributed by atoms with Gasteiger partial charge in [0.15, 0.2) is 0 Å². The highest BCUT2D eigenvalue weighted by molar-refractivity contribution is 5.73. The molecule has 22 heavy (non-hydrogen) atoms. The van der Waals surface area contributed by atoms with Gasteiger partial charge >= 0.3 is 6.03 Å². The number of aliphatic hydroxyl groups excluding tert-OH is 1. The van der Waals surface area contributed by atoms with E-state index in [-0.39, 0.29) is 12.6 Å². The van der Waals surface area contributed by atoms with Crippen LogP contribution in [0.5, 0.6) is 5.75 Å². The van der Waals surface area contributed by atoms with Gasteiger partial charge in [0.25, 0.3) is 0 Å². The number of rotatable bonds is 6. The van der Waals surface area contributed by atoms with Gasteiger partial charge in [0.2, 0.25) is 0 Å². The molecule has 0 unspecified atom stereocenters. The van der Waals surface area contributed by atoms with Gasteiger partial charge in [-0.15, -0.1) is 0 Å². The van der Waals surface area contributed by atoms with Crippen LogP contribution in [0.25, 0.3) is 0 Å². The Morgan fingerprint density at radius 1 is 1.36 bits per heavy atom. The number of aliphatic hydroxyl groups is 1. The van der Waals surface area contributed by atoms with Crippen LogP contribution in [0.3, 0.4) is 0 Å². The molecule has 1 aliphatic rings. The largest absolute Gasteiger partial charge is 0.490 e. The first-order valence-electron chi connectivity index (χ1n) is 8.04. The minimum absolute atomic E-state index is 0.0331. The predicted molar refractivity (Wildman–Crippen MR) is 85.9 cm³/mol. The van der Waals surface area contributed by atoms with Gasteiger partial charge in [0.05, 0.1) is 12.7 Å². The highest BCUT2D eigenvalue weighted by atomic mass is 16.5. The molecule has 0 aliphatic heterocycles. The van der Waals surface area contributed by atoms with Crippen LogP contribution in [0.15, 0.2) is 24.3 Å².